The largest absolute Gasteiger partial charge is 0.458 e. The summed E-state index contributed by atoms with van der Waals surface area (Å²) in [6.45, 7) is 5.30. The zero-order chi connectivity index (χ0) is 15.2. The van der Waals surface area contributed by atoms with Gasteiger partial charge >= 0.3 is 5.97 Å². The minimum Gasteiger partial charge on any atom is -0.458 e. The minimum absolute atomic E-state index is 0.554. The molecule has 20 heavy (non-hydrogen) atoms. The molecular formula is C14H19N3O3. The SMILES string of the molecule is CO[C@H](C(=O)OC(C)(C)C)[C@H](N=[N+]=[N-])c1ccccc1. The summed E-state index contributed by atoms with van der Waals surface area (Å²) < 4.78 is 10.5. The summed E-state index contributed by atoms with van der Waals surface area (Å²) in [5.41, 5.74) is 8.77. The average molecular weight is 277 g/mol. The molecule has 0 N–H and O–H groups in total. The van der Waals surface area contributed by atoms with Crippen molar-refractivity contribution in [2.75, 3.05) is 7.11 Å². The van der Waals surface area contributed by atoms with Gasteiger partial charge in [-0.15, -0.1) is 0 Å². The van der Waals surface area contributed by atoms with Crippen molar-refractivity contribution < 1.29 is 14.3 Å². The van der Waals surface area contributed by atoms with Crippen LogP contribution in [0.3, 0.4) is 0 Å². The van der Waals surface area contributed by atoms with Gasteiger partial charge in [0.1, 0.15) is 5.60 Å². The second kappa shape index (κ2) is 6.93. The maximum atomic E-state index is 12.1. The molecule has 0 amide bonds. The van der Waals surface area contributed by atoms with E-state index in [1.807, 2.05) is 6.07 Å². The van der Waals surface area contributed by atoms with Crippen LogP contribution < -0.4 is 0 Å². The van der Waals surface area contributed by atoms with Gasteiger partial charge in [0.25, 0.3) is 0 Å². The summed E-state index contributed by atoms with van der Waals surface area (Å²) in [5.74, 6) is -0.554. The van der Waals surface area contributed by atoms with Crippen molar-refractivity contribution in [2.45, 2.75) is 38.5 Å². The number of hydrogen-bond donors (Lipinski definition) is 0. The van der Waals surface area contributed by atoms with Gasteiger partial charge in [-0.05, 0) is 31.9 Å². The lowest BCUT2D eigenvalue weighted by Gasteiger charge is -2.26. The first-order valence-corrected chi connectivity index (χ1v) is 6.24. The van der Waals surface area contributed by atoms with Gasteiger partial charge in [0.2, 0.25) is 0 Å². The number of hydrogen-bond acceptors (Lipinski definition) is 4. The van der Waals surface area contributed by atoms with Crippen LogP contribution >= 0.6 is 0 Å². The monoisotopic (exact) mass is 277 g/mol. The third-order valence-corrected chi connectivity index (χ3v) is 2.50. The van der Waals surface area contributed by atoms with Gasteiger partial charge in [-0.2, -0.15) is 0 Å². The van der Waals surface area contributed by atoms with Crippen molar-refractivity contribution in [3.63, 3.8) is 0 Å². The van der Waals surface area contributed by atoms with Gasteiger partial charge in [0, 0.05) is 12.0 Å². The number of nitrogens with zero attached hydrogens (tertiary/aromatic N) is 3. The van der Waals surface area contributed by atoms with E-state index < -0.39 is 23.7 Å². The number of carbonyl (C=O) groups excluding carboxylic acids is 1. The zero-order valence-electron chi connectivity index (χ0n) is 12.1. The van der Waals surface area contributed by atoms with E-state index >= 15 is 0 Å². The molecular weight excluding hydrogens is 258 g/mol. The molecule has 6 nitrogen and oxygen atoms in total. The fraction of sp³-hybridized carbons (Fsp3) is 0.500. The Morgan fingerprint density at radius 1 is 1.30 bits per heavy atom. The van der Waals surface area contributed by atoms with Crippen LogP contribution in [-0.4, -0.2) is 24.8 Å². The normalized spacial score (nSPS) is 14.0. The van der Waals surface area contributed by atoms with Crippen molar-refractivity contribution >= 4 is 5.97 Å². The molecule has 0 heterocycles. The molecule has 0 saturated carbocycles. The lowest BCUT2D eigenvalue weighted by atomic mass is 10.0. The lowest BCUT2D eigenvalue weighted by Crippen LogP contribution is -2.36. The molecule has 0 radical (unpaired) electrons. The molecule has 0 unspecified atom stereocenters. The Kier molecular flexibility index (Phi) is 5.55. The highest BCUT2D eigenvalue weighted by atomic mass is 16.6. The molecule has 0 aliphatic rings. The van der Waals surface area contributed by atoms with Crippen LogP contribution in [0.2, 0.25) is 0 Å². The predicted molar refractivity (Wildman–Crippen MR) is 75.0 cm³/mol. The highest BCUT2D eigenvalue weighted by Crippen LogP contribution is 2.25. The minimum atomic E-state index is -0.979. The van der Waals surface area contributed by atoms with E-state index in [-0.39, 0.29) is 0 Å². The van der Waals surface area contributed by atoms with Gasteiger partial charge in [-0.3, -0.25) is 0 Å². The summed E-state index contributed by atoms with van der Waals surface area (Å²) in [6.07, 6.45) is -0.979. The van der Waals surface area contributed by atoms with Gasteiger partial charge in [-0.1, -0.05) is 35.4 Å². The molecule has 0 aromatic heterocycles. The second-order valence-corrected chi connectivity index (χ2v) is 5.25. The number of ether oxygens (including phenoxy) is 2. The van der Waals surface area contributed by atoms with E-state index in [1.165, 1.54) is 7.11 Å². The van der Waals surface area contributed by atoms with Gasteiger partial charge in [0.05, 0.1) is 6.04 Å². The first-order valence-electron chi connectivity index (χ1n) is 6.24. The van der Waals surface area contributed by atoms with Gasteiger partial charge in [0.15, 0.2) is 6.10 Å². The first kappa shape index (κ1) is 16.0. The fourth-order valence-electron chi connectivity index (χ4n) is 1.72. The molecule has 0 spiro atoms. The zero-order valence-corrected chi connectivity index (χ0v) is 12.1. The van der Waals surface area contributed by atoms with E-state index in [2.05, 4.69) is 10.0 Å². The van der Waals surface area contributed by atoms with Gasteiger partial charge < -0.3 is 9.47 Å². The summed E-state index contributed by atoms with van der Waals surface area (Å²) in [4.78, 5) is 14.9. The smallest absolute Gasteiger partial charge is 0.336 e. The van der Waals surface area contributed by atoms with Crippen LogP contribution in [0.25, 0.3) is 10.4 Å². The third-order valence-electron chi connectivity index (χ3n) is 2.50. The molecule has 2 atom stereocenters. The fourth-order valence-corrected chi connectivity index (χ4v) is 1.72. The van der Waals surface area contributed by atoms with E-state index in [0.717, 1.165) is 0 Å². The average Bonchev–Trinajstić information content (AvgIpc) is 2.37. The van der Waals surface area contributed by atoms with Crippen LogP contribution in [0, 0.1) is 0 Å². The van der Waals surface area contributed by atoms with Crippen LogP contribution in [0.15, 0.2) is 35.4 Å². The molecule has 6 heteroatoms. The topological polar surface area (TPSA) is 84.3 Å². The Morgan fingerprint density at radius 3 is 2.35 bits per heavy atom. The second-order valence-electron chi connectivity index (χ2n) is 5.25. The molecule has 0 saturated heterocycles. The summed E-state index contributed by atoms with van der Waals surface area (Å²) in [7, 11) is 1.39. The Hall–Kier alpha value is -2.04. The van der Waals surface area contributed by atoms with Crippen molar-refractivity contribution in [1.29, 1.82) is 0 Å². The van der Waals surface area contributed by atoms with Crippen LogP contribution in [0.1, 0.15) is 32.4 Å². The molecule has 0 aliphatic heterocycles. The summed E-state index contributed by atoms with van der Waals surface area (Å²) >= 11 is 0. The number of rotatable bonds is 5. The van der Waals surface area contributed by atoms with Crippen molar-refractivity contribution in [2.24, 2.45) is 5.11 Å². The Morgan fingerprint density at radius 2 is 1.90 bits per heavy atom. The van der Waals surface area contributed by atoms with Crippen molar-refractivity contribution in [3.8, 4) is 0 Å². The summed E-state index contributed by atoms with van der Waals surface area (Å²) in [5, 5.41) is 3.67. The quantitative estimate of drug-likeness (QED) is 0.358. The standard InChI is InChI=1S/C14H19N3O3/c1-14(2,3)20-13(18)12(19-4)11(16-17-15)10-8-6-5-7-9-10/h5-9,11-12H,1-4H3/t11-,12+/m1/s1. The number of esters is 1. The highest BCUT2D eigenvalue weighted by molar-refractivity contribution is 5.76. The first-order chi connectivity index (χ1) is 9.39. The molecule has 0 bridgehead atoms. The molecule has 1 aromatic rings. The molecule has 108 valence electrons. The van der Waals surface area contributed by atoms with Crippen molar-refractivity contribution in [1.82, 2.24) is 0 Å². The lowest BCUT2D eigenvalue weighted by molar-refractivity contribution is -0.168. The maximum absolute atomic E-state index is 12.1. The predicted octanol–water partition coefficient (Wildman–Crippen LogP) is 3.39. The molecule has 1 aromatic carbocycles. The Balaban J connectivity index is 3.05. The Labute approximate surface area is 118 Å². The number of methoxy groups -OCH3 is 1. The number of benzene rings is 1. The van der Waals surface area contributed by atoms with Crippen LogP contribution in [-0.2, 0) is 14.3 Å². The highest BCUT2D eigenvalue weighted by Gasteiger charge is 2.32. The molecule has 0 fully saturated rings. The summed E-state index contributed by atoms with van der Waals surface area (Å²) in [6, 6.07) is 8.23. The van der Waals surface area contributed by atoms with Crippen molar-refractivity contribution in [3.05, 3.63) is 46.3 Å². The maximum Gasteiger partial charge on any atom is 0.336 e. The van der Waals surface area contributed by atoms with E-state index in [4.69, 9.17) is 15.0 Å². The van der Waals surface area contributed by atoms with E-state index in [9.17, 15) is 4.79 Å². The molecule has 1 rings (SSSR count). The van der Waals surface area contributed by atoms with Crippen LogP contribution in [0.5, 0.6) is 0 Å². The number of azide groups is 1. The molecule has 0 aliphatic carbocycles. The Bertz CT molecular complexity index is 490. The van der Waals surface area contributed by atoms with Gasteiger partial charge in [-0.25, -0.2) is 4.79 Å². The van der Waals surface area contributed by atoms with E-state index in [0.29, 0.717) is 5.56 Å². The number of carbonyl (C=O) groups is 1. The van der Waals surface area contributed by atoms with Crippen LogP contribution in [0.4, 0.5) is 0 Å². The third kappa shape index (κ3) is 4.57. The van der Waals surface area contributed by atoms with E-state index in [1.54, 1.807) is 45.0 Å².